The van der Waals surface area contributed by atoms with Crippen molar-refractivity contribution in [1.82, 2.24) is 0 Å². The molecule has 1 atom stereocenters. The van der Waals surface area contributed by atoms with E-state index in [1.54, 1.807) is 30.3 Å². The maximum atomic E-state index is 13.6. The van der Waals surface area contributed by atoms with Crippen molar-refractivity contribution in [2.75, 3.05) is 5.32 Å². The number of halogens is 1. The number of nitrogens with two attached hydrogens (primary N) is 1. The Hall–Kier alpha value is -2.73. The van der Waals surface area contributed by atoms with Crippen molar-refractivity contribution in [2.24, 2.45) is 5.73 Å². The Balaban J connectivity index is 2.20. The van der Waals surface area contributed by atoms with Crippen molar-refractivity contribution in [1.29, 1.82) is 0 Å². The molecule has 1 amide bonds. The summed E-state index contributed by atoms with van der Waals surface area (Å²) in [5, 5.41) is 11.2. The predicted molar refractivity (Wildman–Crippen MR) is 75.4 cm³/mol. The first kappa shape index (κ1) is 14.7. The van der Waals surface area contributed by atoms with Crippen LogP contribution in [0.5, 0.6) is 0 Å². The minimum atomic E-state index is -1.21. The molecule has 2 aromatic carbocycles. The van der Waals surface area contributed by atoms with E-state index >= 15 is 0 Å². The van der Waals surface area contributed by atoms with Crippen LogP contribution < -0.4 is 11.1 Å². The van der Waals surface area contributed by atoms with Crippen molar-refractivity contribution >= 4 is 17.6 Å². The van der Waals surface area contributed by atoms with Crippen LogP contribution in [0.3, 0.4) is 0 Å². The molecule has 2 aromatic rings. The molecule has 0 aromatic heterocycles. The van der Waals surface area contributed by atoms with Gasteiger partial charge in [-0.1, -0.05) is 30.3 Å². The van der Waals surface area contributed by atoms with Gasteiger partial charge in [0.15, 0.2) is 0 Å². The Morgan fingerprint density at radius 3 is 2.43 bits per heavy atom. The molecule has 0 fully saturated rings. The number of aromatic carboxylic acids is 1. The van der Waals surface area contributed by atoms with Gasteiger partial charge in [-0.25, -0.2) is 9.18 Å². The molecule has 0 saturated carbocycles. The third-order valence-electron chi connectivity index (χ3n) is 2.91. The maximum absolute atomic E-state index is 13.6. The second kappa shape index (κ2) is 6.15. The van der Waals surface area contributed by atoms with Crippen molar-refractivity contribution in [3.8, 4) is 0 Å². The Bertz CT molecular complexity index is 674. The molecule has 4 N–H and O–H groups in total. The highest BCUT2D eigenvalue weighted by molar-refractivity contribution is 5.97. The number of rotatable bonds is 4. The van der Waals surface area contributed by atoms with Crippen LogP contribution in [0.1, 0.15) is 22.0 Å². The average molecular weight is 288 g/mol. The SMILES string of the molecule is N[C@H](C(=O)Nc1cc(C(=O)O)ccc1F)c1ccccc1. The first-order valence-corrected chi connectivity index (χ1v) is 6.13. The maximum Gasteiger partial charge on any atom is 0.335 e. The van der Waals surface area contributed by atoms with Crippen molar-refractivity contribution in [3.05, 3.63) is 65.5 Å². The zero-order valence-electron chi connectivity index (χ0n) is 10.9. The highest BCUT2D eigenvalue weighted by atomic mass is 19.1. The molecule has 0 spiro atoms. The molecule has 0 aliphatic rings. The van der Waals surface area contributed by atoms with Gasteiger partial charge in [0.1, 0.15) is 11.9 Å². The van der Waals surface area contributed by atoms with E-state index in [4.69, 9.17) is 10.8 Å². The number of carbonyl (C=O) groups is 2. The van der Waals surface area contributed by atoms with E-state index in [9.17, 15) is 14.0 Å². The van der Waals surface area contributed by atoms with E-state index in [0.717, 1.165) is 18.2 Å². The van der Waals surface area contributed by atoms with Crippen molar-refractivity contribution < 1.29 is 19.1 Å². The molecule has 0 aliphatic heterocycles. The largest absolute Gasteiger partial charge is 0.478 e. The number of nitrogens with one attached hydrogen (secondary N) is 1. The molecule has 6 heteroatoms. The van der Waals surface area contributed by atoms with Gasteiger partial charge >= 0.3 is 5.97 Å². The summed E-state index contributed by atoms with van der Waals surface area (Å²) in [6.45, 7) is 0. The van der Waals surface area contributed by atoms with E-state index in [-0.39, 0.29) is 11.3 Å². The van der Waals surface area contributed by atoms with E-state index in [0.29, 0.717) is 5.56 Å². The Morgan fingerprint density at radius 1 is 1.14 bits per heavy atom. The normalized spacial score (nSPS) is 11.7. The van der Waals surface area contributed by atoms with Gasteiger partial charge in [0.2, 0.25) is 5.91 Å². The lowest BCUT2D eigenvalue weighted by atomic mass is 10.1. The number of hydrogen-bond acceptors (Lipinski definition) is 3. The van der Waals surface area contributed by atoms with Crippen LogP contribution in [-0.4, -0.2) is 17.0 Å². The average Bonchev–Trinajstić information content (AvgIpc) is 2.49. The molecule has 0 unspecified atom stereocenters. The minimum absolute atomic E-state index is 0.125. The number of benzene rings is 2. The Kier molecular flexibility index (Phi) is 4.30. The van der Waals surface area contributed by atoms with Gasteiger partial charge in [-0.15, -0.1) is 0 Å². The molecule has 0 saturated heterocycles. The van der Waals surface area contributed by atoms with E-state index in [1.165, 1.54) is 0 Å². The van der Waals surface area contributed by atoms with Crippen LogP contribution in [0, 0.1) is 5.82 Å². The van der Waals surface area contributed by atoms with Gasteiger partial charge < -0.3 is 16.2 Å². The number of carboxylic acid groups (broad SMARTS) is 1. The van der Waals surface area contributed by atoms with Crippen molar-refractivity contribution in [2.45, 2.75) is 6.04 Å². The van der Waals surface area contributed by atoms with Gasteiger partial charge in [0.25, 0.3) is 0 Å². The third-order valence-corrected chi connectivity index (χ3v) is 2.91. The predicted octanol–water partition coefficient (Wildman–Crippen LogP) is 2.16. The highest BCUT2D eigenvalue weighted by Crippen LogP contribution is 2.18. The van der Waals surface area contributed by atoms with E-state index < -0.39 is 23.7 Å². The minimum Gasteiger partial charge on any atom is -0.478 e. The number of carbonyl (C=O) groups excluding carboxylic acids is 1. The fraction of sp³-hybridized carbons (Fsp3) is 0.0667. The topological polar surface area (TPSA) is 92.4 Å². The summed E-state index contributed by atoms with van der Waals surface area (Å²) in [4.78, 5) is 22.8. The number of amides is 1. The van der Waals surface area contributed by atoms with Gasteiger partial charge in [-0.05, 0) is 23.8 Å². The van der Waals surface area contributed by atoms with Gasteiger partial charge in [-0.3, -0.25) is 4.79 Å². The molecule has 2 rings (SSSR count). The molecule has 0 aliphatic carbocycles. The van der Waals surface area contributed by atoms with Crippen LogP contribution in [0.25, 0.3) is 0 Å². The van der Waals surface area contributed by atoms with E-state index in [1.807, 2.05) is 0 Å². The van der Waals surface area contributed by atoms with Crippen LogP contribution >= 0.6 is 0 Å². The molecule has 21 heavy (non-hydrogen) atoms. The van der Waals surface area contributed by atoms with Crippen molar-refractivity contribution in [3.63, 3.8) is 0 Å². The number of anilines is 1. The molecule has 0 radical (unpaired) electrons. The highest BCUT2D eigenvalue weighted by Gasteiger charge is 2.18. The lowest BCUT2D eigenvalue weighted by Crippen LogP contribution is -2.28. The van der Waals surface area contributed by atoms with Gasteiger partial charge in [0, 0.05) is 0 Å². The van der Waals surface area contributed by atoms with Crippen LogP contribution in [0.15, 0.2) is 48.5 Å². The summed E-state index contributed by atoms with van der Waals surface area (Å²) in [6, 6.07) is 10.8. The standard InChI is InChI=1S/C15H13FN2O3/c16-11-7-6-10(15(20)21)8-12(11)18-14(19)13(17)9-4-2-1-3-5-9/h1-8,13H,17H2,(H,18,19)(H,20,21)/t13-/m0/s1. The zero-order valence-corrected chi connectivity index (χ0v) is 10.9. The third kappa shape index (κ3) is 3.43. The fourth-order valence-electron chi connectivity index (χ4n) is 1.78. The zero-order chi connectivity index (χ0) is 15.4. The lowest BCUT2D eigenvalue weighted by molar-refractivity contribution is -0.117. The summed E-state index contributed by atoms with van der Waals surface area (Å²) in [6.07, 6.45) is 0. The monoisotopic (exact) mass is 288 g/mol. The van der Waals surface area contributed by atoms with Crippen LogP contribution in [0.2, 0.25) is 0 Å². The molecule has 5 nitrogen and oxygen atoms in total. The number of carboxylic acids is 1. The second-order valence-electron chi connectivity index (χ2n) is 4.38. The second-order valence-corrected chi connectivity index (χ2v) is 4.38. The summed E-state index contributed by atoms with van der Waals surface area (Å²) < 4.78 is 13.6. The van der Waals surface area contributed by atoms with Gasteiger partial charge in [0.05, 0.1) is 11.3 Å². The van der Waals surface area contributed by atoms with Gasteiger partial charge in [-0.2, -0.15) is 0 Å². The molecule has 108 valence electrons. The molecular formula is C15H13FN2O3. The summed E-state index contributed by atoms with van der Waals surface area (Å²) in [7, 11) is 0. The molecule has 0 bridgehead atoms. The summed E-state index contributed by atoms with van der Waals surface area (Å²) in [5.74, 6) is -2.56. The molecular weight excluding hydrogens is 275 g/mol. The van der Waals surface area contributed by atoms with Crippen LogP contribution in [0.4, 0.5) is 10.1 Å². The smallest absolute Gasteiger partial charge is 0.335 e. The first-order valence-electron chi connectivity index (χ1n) is 6.13. The Morgan fingerprint density at radius 2 is 1.81 bits per heavy atom. The number of hydrogen-bond donors (Lipinski definition) is 3. The summed E-state index contributed by atoms with van der Waals surface area (Å²) >= 11 is 0. The van der Waals surface area contributed by atoms with Crippen LogP contribution in [-0.2, 0) is 4.79 Å². The first-order chi connectivity index (χ1) is 9.99. The van der Waals surface area contributed by atoms with E-state index in [2.05, 4.69) is 5.32 Å². The quantitative estimate of drug-likeness (QED) is 0.803. The lowest BCUT2D eigenvalue weighted by Gasteiger charge is -2.13. The molecule has 0 heterocycles. The Labute approximate surface area is 120 Å². The fourth-order valence-corrected chi connectivity index (χ4v) is 1.78. The summed E-state index contributed by atoms with van der Waals surface area (Å²) in [5.41, 5.74) is 6.02.